The Labute approximate surface area is 157 Å². The van der Waals surface area contributed by atoms with Gasteiger partial charge < -0.3 is 14.9 Å². The summed E-state index contributed by atoms with van der Waals surface area (Å²) in [6.45, 7) is 3.18. The fourth-order valence-electron chi connectivity index (χ4n) is 3.10. The van der Waals surface area contributed by atoms with Crippen LogP contribution < -0.4 is 4.90 Å². The lowest BCUT2D eigenvalue weighted by molar-refractivity contribution is -0.857. The van der Waals surface area contributed by atoms with Gasteiger partial charge in [0.25, 0.3) is 5.91 Å². The molecule has 0 aliphatic carbocycles. The number of nitrogens with zero attached hydrogens (tertiary/aromatic N) is 1. The summed E-state index contributed by atoms with van der Waals surface area (Å²) in [5, 5.41) is 12.3. The molecule has 1 aromatic heterocycles. The number of likely N-dealkylation sites (N-methyl/N-ethyl adjacent to an activating group) is 1. The molecule has 1 atom stereocenters. The Morgan fingerprint density at radius 3 is 2.50 bits per heavy atom. The number of carbonyl (C=O) groups excluding carboxylic acids is 2. The van der Waals surface area contributed by atoms with Gasteiger partial charge in [-0.3, -0.25) is 9.59 Å². The molecule has 26 heavy (non-hydrogen) atoms. The van der Waals surface area contributed by atoms with Crippen LogP contribution in [-0.4, -0.2) is 48.9 Å². The van der Waals surface area contributed by atoms with Crippen molar-refractivity contribution in [1.82, 2.24) is 4.90 Å². The second-order valence-corrected chi connectivity index (χ2v) is 7.79. The largest absolute Gasteiger partial charge is 0.503 e. The van der Waals surface area contributed by atoms with Crippen LogP contribution >= 0.6 is 11.3 Å². The minimum atomic E-state index is -0.558. The van der Waals surface area contributed by atoms with Crippen molar-refractivity contribution in [3.05, 3.63) is 69.1 Å². The molecule has 0 saturated heterocycles. The van der Waals surface area contributed by atoms with Crippen molar-refractivity contribution < 1.29 is 19.6 Å². The first kappa shape index (κ1) is 18.4. The number of benzene rings is 1. The van der Waals surface area contributed by atoms with Crippen molar-refractivity contribution in [2.24, 2.45) is 0 Å². The summed E-state index contributed by atoms with van der Waals surface area (Å²) in [6.07, 6.45) is 0. The molecule has 6 heteroatoms. The zero-order valence-electron chi connectivity index (χ0n) is 15.2. The summed E-state index contributed by atoms with van der Waals surface area (Å²) >= 11 is 1.31. The Morgan fingerprint density at radius 2 is 1.92 bits per heavy atom. The lowest BCUT2D eigenvalue weighted by Crippen LogP contribution is -3.06. The standard InChI is InChI=1S/C20H22N2O3S/c1-13-6-8-14(9-7-13)17-16(18(23)15-5-4-12-26-15)19(24)20(25)22(17)11-10-21(2)3/h4-9,12,17,24H,10-11H2,1-3H3/p+1/t17-/m1/s1. The SMILES string of the molecule is Cc1ccc([C@@H]2C(C(=O)c3cccs3)=C(O)C(=O)N2CC[NH+](C)C)cc1. The van der Waals surface area contributed by atoms with E-state index in [1.807, 2.05) is 50.7 Å². The predicted molar refractivity (Wildman–Crippen MR) is 102 cm³/mol. The average molecular weight is 371 g/mol. The van der Waals surface area contributed by atoms with Crippen molar-refractivity contribution in [2.75, 3.05) is 27.2 Å². The van der Waals surface area contributed by atoms with Crippen LogP contribution in [0.1, 0.15) is 26.8 Å². The summed E-state index contributed by atoms with van der Waals surface area (Å²) < 4.78 is 0. The molecule has 0 spiro atoms. The van der Waals surface area contributed by atoms with Crippen molar-refractivity contribution in [2.45, 2.75) is 13.0 Å². The molecule has 1 aliphatic heterocycles. The molecule has 0 unspecified atom stereocenters. The molecule has 2 aromatic rings. The molecule has 0 saturated carbocycles. The van der Waals surface area contributed by atoms with Crippen molar-refractivity contribution in [1.29, 1.82) is 0 Å². The van der Waals surface area contributed by atoms with Gasteiger partial charge in [0.05, 0.1) is 43.7 Å². The molecular formula is C20H23N2O3S+. The Kier molecular flexibility index (Phi) is 5.25. The van der Waals surface area contributed by atoms with Gasteiger partial charge in [-0.1, -0.05) is 35.9 Å². The van der Waals surface area contributed by atoms with E-state index in [0.717, 1.165) is 17.7 Å². The lowest BCUT2D eigenvalue weighted by atomic mass is 9.95. The Bertz CT molecular complexity index is 838. The van der Waals surface area contributed by atoms with Gasteiger partial charge in [0.15, 0.2) is 5.76 Å². The van der Waals surface area contributed by atoms with E-state index in [9.17, 15) is 14.7 Å². The molecular weight excluding hydrogens is 348 g/mol. The van der Waals surface area contributed by atoms with Crippen molar-refractivity contribution >= 4 is 23.0 Å². The first-order chi connectivity index (χ1) is 12.4. The number of hydrogen-bond acceptors (Lipinski definition) is 4. The number of thiophene rings is 1. The number of hydrogen-bond donors (Lipinski definition) is 2. The average Bonchev–Trinajstić information content (AvgIpc) is 3.22. The molecule has 0 radical (unpaired) electrons. The molecule has 1 aliphatic rings. The number of quaternary nitrogens is 1. The van der Waals surface area contributed by atoms with E-state index >= 15 is 0 Å². The normalized spacial score (nSPS) is 17.5. The van der Waals surface area contributed by atoms with E-state index in [2.05, 4.69) is 0 Å². The van der Waals surface area contributed by atoms with E-state index in [1.165, 1.54) is 16.2 Å². The molecule has 0 bridgehead atoms. The maximum atomic E-state index is 13.0. The minimum Gasteiger partial charge on any atom is -0.503 e. The quantitative estimate of drug-likeness (QED) is 0.761. The molecule has 0 fully saturated rings. The molecule has 2 heterocycles. The van der Waals surface area contributed by atoms with Gasteiger partial charge in [0, 0.05) is 0 Å². The van der Waals surface area contributed by atoms with Gasteiger partial charge in [-0.05, 0) is 23.9 Å². The zero-order valence-corrected chi connectivity index (χ0v) is 16.0. The highest BCUT2D eigenvalue weighted by Crippen LogP contribution is 2.39. The van der Waals surface area contributed by atoms with E-state index in [0.29, 0.717) is 11.4 Å². The van der Waals surface area contributed by atoms with Crippen LogP contribution in [0.15, 0.2) is 53.1 Å². The highest BCUT2D eigenvalue weighted by Gasteiger charge is 2.44. The Hall–Kier alpha value is -2.44. The van der Waals surface area contributed by atoms with Gasteiger partial charge in [0.2, 0.25) is 5.78 Å². The van der Waals surface area contributed by atoms with E-state index < -0.39 is 17.7 Å². The number of aliphatic hydroxyl groups is 1. The van der Waals surface area contributed by atoms with Crippen LogP contribution in [0, 0.1) is 6.92 Å². The molecule has 1 aromatic carbocycles. The molecule has 2 N–H and O–H groups in total. The van der Waals surface area contributed by atoms with Crippen LogP contribution in [0.4, 0.5) is 0 Å². The van der Waals surface area contributed by atoms with Gasteiger partial charge in [-0.2, -0.15) is 0 Å². The van der Waals surface area contributed by atoms with Crippen LogP contribution in [0.25, 0.3) is 0 Å². The van der Waals surface area contributed by atoms with Gasteiger partial charge >= 0.3 is 0 Å². The van der Waals surface area contributed by atoms with Crippen LogP contribution in [0.2, 0.25) is 0 Å². The predicted octanol–water partition coefficient (Wildman–Crippen LogP) is 1.78. The fourth-order valence-corrected chi connectivity index (χ4v) is 3.77. The molecule has 3 rings (SSSR count). The minimum absolute atomic E-state index is 0.176. The summed E-state index contributed by atoms with van der Waals surface area (Å²) in [6, 6.07) is 10.7. The number of ketones is 1. The van der Waals surface area contributed by atoms with E-state index in [1.54, 1.807) is 17.0 Å². The van der Waals surface area contributed by atoms with Crippen LogP contribution in [0.5, 0.6) is 0 Å². The molecule has 1 amide bonds. The van der Waals surface area contributed by atoms with E-state index in [4.69, 9.17) is 0 Å². The monoisotopic (exact) mass is 371 g/mol. The maximum Gasteiger partial charge on any atom is 0.290 e. The highest BCUT2D eigenvalue weighted by molar-refractivity contribution is 7.12. The molecule has 5 nitrogen and oxygen atoms in total. The number of aliphatic hydroxyl groups excluding tert-OH is 1. The first-order valence-electron chi connectivity index (χ1n) is 8.58. The van der Waals surface area contributed by atoms with Crippen LogP contribution in [-0.2, 0) is 4.79 Å². The van der Waals surface area contributed by atoms with Gasteiger partial charge in [-0.15, -0.1) is 11.3 Å². The second-order valence-electron chi connectivity index (χ2n) is 6.84. The highest BCUT2D eigenvalue weighted by atomic mass is 32.1. The van der Waals surface area contributed by atoms with Crippen molar-refractivity contribution in [3.63, 3.8) is 0 Å². The first-order valence-corrected chi connectivity index (χ1v) is 9.46. The van der Waals surface area contributed by atoms with Gasteiger partial charge in [0.1, 0.15) is 0 Å². The lowest BCUT2D eigenvalue weighted by Gasteiger charge is -2.27. The third-order valence-corrected chi connectivity index (χ3v) is 5.41. The van der Waals surface area contributed by atoms with Crippen molar-refractivity contribution in [3.8, 4) is 0 Å². The number of aryl methyl sites for hydroxylation is 1. The third-order valence-electron chi connectivity index (χ3n) is 4.54. The summed E-state index contributed by atoms with van der Waals surface area (Å²) in [5.41, 5.74) is 2.11. The number of Topliss-reactive ketones (excluding diaryl/α,β-unsaturated/α-hetero) is 1. The fraction of sp³-hybridized carbons (Fsp3) is 0.300. The Balaban J connectivity index is 2.05. The van der Waals surface area contributed by atoms with Crippen LogP contribution in [0.3, 0.4) is 0 Å². The summed E-state index contributed by atoms with van der Waals surface area (Å²) in [4.78, 5) is 29.0. The topological polar surface area (TPSA) is 62.0 Å². The zero-order chi connectivity index (χ0) is 18.8. The number of carbonyl (C=O) groups is 2. The van der Waals surface area contributed by atoms with E-state index in [-0.39, 0.29) is 11.4 Å². The summed E-state index contributed by atoms with van der Waals surface area (Å²) in [7, 11) is 4.01. The molecule has 136 valence electrons. The maximum absolute atomic E-state index is 13.0. The van der Waals surface area contributed by atoms with Gasteiger partial charge in [-0.25, -0.2) is 0 Å². The number of rotatable bonds is 6. The smallest absolute Gasteiger partial charge is 0.290 e. The third kappa shape index (κ3) is 3.43. The second kappa shape index (κ2) is 7.43. The number of nitrogens with one attached hydrogen (secondary N) is 1. The Morgan fingerprint density at radius 1 is 1.23 bits per heavy atom. The number of amides is 1. The summed E-state index contributed by atoms with van der Waals surface area (Å²) in [5.74, 6) is -1.18.